The molecular weight excluding hydrogens is 236 g/mol. The summed E-state index contributed by atoms with van der Waals surface area (Å²) < 4.78 is 0. The van der Waals surface area contributed by atoms with Crippen molar-refractivity contribution in [2.75, 3.05) is 13.1 Å². The molecule has 2 bridgehead atoms. The second-order valence-electron chi connectivity index (χ2n) is 7.04. The Balaban J connectivity index is 1.62. The second-order valence-corrected chi connectivity index (χ2v) is 7.04. The highest BCUT2D eigenvalue weighted by Crippen LogP contribution is 2.42. The van der Waals surface area contributed by atoms with Gasteiger partial charge in [0.1, 0.15) is 0 Å². The summed E-state index contributed by atoms with van der Waals surface area (Å²) in [4.78, 5) is 14.8. The van der Waals surface area contributed by atoms with Gasteiger partial charge in [-0.15, -0.1) is 0 Å². The van der Waals surface area contributed by atoms with E-state index in [1.165, 1.54) is 32.1 Å². The van der Waals surface area contributed by atoms with Gasteiger partial charge < -0.3 is 10.6 Å². The van der Waals surface area contributed by atoms with Crippen molar-refractivity contribution in [1.82, 2.24) is 4.90 Å². The molecule has 3 atom stereocenters. The van der Waals surface area contributed by atoms with E-state index in [0.717, 1.165) is 31.8 Å². The quantitative estimate of drug-likeness (QED) is 0.832. The van der Waals surface area contributed by atoms with Crippen LogP contribution in [0.2, 0.25) is 0 Å². The van der Waals surface area contributed by atoms with Gasteiger partial charge in [-0.1, -0.05) is 19.8 Å². The molecule has 3 nitrogen and oxygen atoms in total. The molecular formula is C16H28N2O. The first-order valence-corrected chi connectivity index (χ1v) is 8.23. The number of nitrogens with zero attached hydrogens (tertiary/aromatic N) is 1. The Morgan fingerprint density at radius 3 is 2.47 bits per heavy atom. The van der Waals surface area contributed by atoms with Crippen LogP contribution in [0.15, 0.2) is 0 Å². The van der Waals surface area contributed by atoms with Crippen LogP contribution in [0.4, 0.5) is 0 Å². The molecule has 19 heavy (non-hydrogen) atoms. The summed E-state index contributed by atoms with van der Waals surface area (Å²) in [5, 5.41) is 0. The minimum Gasteiger partial charge on any atom is -0.342 e. The Morgan fingerprint density at radius 1 is 1.21 bits per heavy atom. The predicted molar refractivity (Wildman–Crippen MR) is 76.5 cm³/mol. The van der Waals surface area contributed by atoms with Crippen molar-refractivity contribution in [2.24, 2.45) is 29.4 Å². The first-order valence-electron chi connectivity index (χ1n) is 8.23. The fraction of sp³-hybridized carbons (Fsp3) is 0.938. The van der Waals surface area contributed by atoms with Gasteiger partial charge in [-0.3, -0.25) is 4.79 Å². The fourth-order valence-corrected chi connectivity index (χ4v) is 4.62. The van der Waals surface area contributed by atoms with E-state index >= 15 is 0 Å². The Bertz CT molecular complexity index is 330. The monoisotopic (exact) mass is 264 g/mol. The molecule has 0 aromatic rings. The molecule has 1 heterocycles. The minimum atomic E-state index is 0.283. The summed E-state index contributed by atoms with van der Waals surface area (Å²) in [7, 11) is 0. The van der Waals surface area contributed by atoms with Crippen molar-refractivity contribution in [1.29, 1.82) is 0 Å². The van der Waals surface area contributed by atoms with Crippen molar-refractivity contribution in [3.05, 3.63) is 0 Å². The molecule has 0 aromatic carbocycles. The van der Waals surface area contributed by atoms with Crippen LogP contribution in [-0.2, 0) is 4.79 Å². The molecule has 3 unspecified atom stereocenters. The van der Waals surface area contributed by atoms with Crippen LogP contribution in [0.25, 0.3) is 0 Å². The predicted octanol–water partition coefficient (Wildman–Crippen LogP) is 2.40. The normalized spacial score (nSPS) is 42.4. The number of fused-ring (bicyclic) bond motifs is 2. The Hall–Kier alpha value is -0.570. The van der Waals surface area contributed by atoms with Gasteiger partial charge in [0.2, 0.25) is 5.91 Å². The smallest absolute Gasteiger partial charge is 0.225 e. The third-order valence-corrected chi connectivity index (χ3v) is 5.94. The SMILES string of the molecule is CCC1CCN(C(=O)C2CC3CCCC(C2)C3N)C1. The number of carbonyl (C=O) groups excluding carboxylic acids is 1. The summed E-state index contributed by atoms with van der Waals surface area (Å²) in [6, 6.07) is 0.375. The summed E-state index contributed by atoms with van der Waals surface area (Å²) >= 11 is 0. The Kier molecular flexibility index (Phi) is 3.84. The summed E-state index contributed by atoms with van der Waals surface area (Å²) in [6.07, 6.45) is 8.36. The van der Waals surface area contributed by atoms with E-state index in [-0.39, 0.29) is 5.92 Å². The van der Waals surface area contributed by atoms with E-state index in [1.807, 2.05) is 0 Å². The van der Waals surface area contributed by atoms with E-state index in [2.05, 4.69) is 11.8 Å². The maximum atomic E-state index is 12.7. The number of nitrogens with two attached hydrogens (primary N) is 1. The highest BCUT2D eigenvalue weighted by atomic mass is 16.2. The third kappa shape index (κ3) is 2.54. The van der Waals surface area contributed by atoms with E-state index in [9.17, 15) is 4.79 Å². The van der Waals surface area contributed by atoms with Crippen LogP contribution in [0.5, 0.6) is 0 Å². The molecule has 3 fully saturated rings. The third-order valence-electron chi connectivity index (χ3n) is 5.94. The van der Waals surface area contributed by atoms with Crippen LogP contribution in [0.3, 0.4) is 0 Å². The fourth-order valence-electron chi connectivity index (χ4n) is 4.62. The van der Waals surface area contributed by atoms with Crippen LogP contribution < -0.4 is 5.73 Å². The molecule has 1 aliphatic heterocycles. The first-order chi connectivity index (χ1) is 9.19. The van der Waals surface area contributed by atoms with Crippen molar-refractivity contribution in [3.8, 4) is 0 Å². The van der Waals surface area contributed by atoms with Gasteiger partial charge in [-0.05, 0) is 49.9 Å². The highest BCUT2D eigenvalue weighted by molar-refractivity contribution is 5.79. The number of rotatable bonds is 2. The zero-order chi connectivity index (χ0) is 13.4. The van der Waals surface area contributed by atoms with E-state index < -0.39 is 0 Å². The van der Waals surface area contributed by atoms with Crippen molar-refractivity contribution < 1.29 is 4.79 Å². The van der Waals surface area contributed by atoms with E-state index in [0.29, 0.717) is 23.8 Å². The summed E-state index contributed by atoms with van der Waals surface area (Å²) in [5.74, 6) is 2.71. The van der Waals surface area contributed by atoms with Crippen molar-refractivity contribution in [2.45, 2.75) is 57.9 Å². The van der Waals surface area contributed by atoms with Crippen LogP contribution >= 0.6 is 0 Å². The largest absolute Gasteiger partial charge is 0.342 e. The lowest BCUT2D eigenvalue weighted by Crippen LogP contribution is -2.49. The van der Waals surface area contributed by atoms with Crippen molar-refractivity contribution >= 4 is 5.91 Å². The summed E-state index contributed by atoms with van der Waals surface area (Å²) in [5.41, 5.74) is 6.32. The van der Waals surface area contributed by atoms with E-state index in [4.69, 9.17) is 5.73 Å². The topological polar surface area (TPSA) is 46.3 Å². The van der Waals surface area contributed by atoms with Crippen LogP contribution in [-0.4, -0.2) is 29.9 Å². The van der Waals surface area contributed by atoms with Crippen LogP contribution in [0, 0.1) is 23.7 Å². The molecule has 0 spiro atoms. The molecule has 3 heteroatoms. The number of likely N-dealkylation sites (tertiary alicyclic amines) is 1. The molecule has 0 radical (unpaired) electrons. The van der Waals surface area contributed by atoms with Gasteiger partial charge >= 0.3 is 0 Å². The van der Waals surface area contributed by atoms with Gasteiger partial charge in [0.15, 0.2) is 0 Å². The minimum absolute atomic E-state index is 0.283. The molecule has 2 N–H and O–H groups in total. The molecule has 2 saturated carbocycles. The lowest BCUT2D eigenvalue weighted by atomic mass is 9.65. The molecule has 1 amide bonds. The van der Waals surface area contributed by atoms with Gasteiger partial charge in [0.05, 0.1) is 0 Å². The molecule has 3 aliphatic rings. The zero-order valence-corrected chi connectivity index (χ0v) is 12.2. The first kappa shape index (κ1) is 13.4. The lowest BCUT2D eigenvalue weighted by molar-refractivity contribution is -0.137. The second kappa shape index (κ2) is 5.43. The molecule has 1 saturated heterocycles. The lowest BCUT2D eigenvalue weighted by Gasteiger charge is -2.44. The van der Waals surface area contributed by atoms with Gasteiger partial charge in [-0.2, -0.15) is 0 Å². The van der Waals surface area contributed by atoms with E-state index in [1.54, 1.807) is 0 Å². The zero-order valence-electron chi connectivity index (χ0n) is 12.2. The van der Waals surface area contributed by atoms with Crippen molar-refractivity contribution in [3.63, 3.8) is 0 Å². The molecule has 108 valence electrons. The maximum absolute atomic E-state index is 12.7. The summed E-state index contributed by atoms with van der Waals surface area (Å²) in [6.45, 7) is 4.24. The van der Waals surface area contributed by atoms with Gasteiger partial charge in [0.25, 0.3) is 0 Å². The molecule has 3 rings (SSSR count). The average molecular weight is 264 g/mol. The van der Waals surface area contributed by atoms with Gasteiger partial charge in [-0.25, -0.2) is 0 Å². The standard InChI is InChI=1S/C16H28N2O/c1-2-11-6-7-18(10-11)16(19)14-8-12-4-3-5-13(9-14)15(12)17/h11-15H,2-10,17H2,1H3. The average Bonchev–Trinajstić information content (AvgIpc) is 2.86. The Labute approximate surface area is 116 Å². The van der Waals surface area contributed by atoms with Gasteiger partial charge in [0, 0.05) is 25.0 Å². The number of hydrogen-bond donors (Lipinski definition) is 1. The number of hydrogen-bond acceptors (Lipinski definition) is 2. The number of amides is 1. The number of carbonyl (C=O) groups is 1. The van der Waals surface area contributed by atoms with Crippen LogP contribution in [0.1, 0.15) is 51.9 Å². The Morgan fingerprint density at radius 2 is 1.89 bits per heavy atom. The molecule has 0 aromatic heterocycles. The maximum Gasteiger partial charge on any atom is 0.225 e. The molecule has 2 aliphatic carbocycles. The highest BCUT2D eigenvalue weighted by Gasteiger charge is 2.42.